The van der Waals surface area contributed by atoms with Crippen molar-refractivity contribution >= 4 is 5.97 Å². The van der Waals surface area contributed by atoms with Gasteiger partial charge < -0.3 is 9.47 Å². The summed E-state index contributed by atoms with van der Waals surface area (Å²) in [6, 6.07) is 0. The Kier molecular flexibility index (Phi) is 2.42. The quantitative estimate of drug-likeness (QED) is 0.387. The van der Waals surface area contributed by atoms with Crippen LogP contribution in [0.25, 0.3) is 0 Å². The van der Waals surface area contributed by atoms with Crippen LogP contribution in [0, 0.1) is 5.92 Å². The number of carbonyl (C=O) groups excluding carboxylic acids is 1. The minimum atomic E-state index is -0.309. The molecule has 3 atom stereocenters. The molecule has 2 heterocycles. The number of esters is 1. The lowest BCUT2D eigenvalue weighted by Crippen LogP contribution is -2.21. The lowest BCUT2D eigenvalue weighted by atomic mass is 9.95. The van der Waals surface area contributed by atoms with Gasteiger partial charge in [-0.1, -0.05) is 18.7 Å². The summed E-state index contributed by atoms with van der Waals surface area (Å²) in [4.78, 5) is 11.1. The van der Waals surface area contributed by atoms with Crippen molar-refractivity contribution in [3.05, 3.63) is 24.3 Å². The zero-order chi connectivity index (χ0) is 10.1. The van der Waals surface area contributed by atoms with Gasteiger partial charge in [0.1, 0.15) is 0 Å². The van der Waals surface area contributed by atoms with Gasteiger partial charge in [-0.05, 0) is 13.3 Å². The van der Waals surface area contributed by atoms with E-state index in [0.717, 1.165) is 6.42 Å². The molecule has 1 saturated heterocycles. The van der Waals surface area contributed by atoms with Crippen LogP contribution in [0.3, 0.4) is 0 Å². The molecule has 76 valence electrons. The molecule has 2 rings (SSSR count). The van der Waals surface area contributed by atoms with Crippen LogP contribution in [0.1, 0.15) is 13.3 Å². The summed E-state index contributed by atoms with van der Waals surface area (Å²) >= 11 is 0. The third-order valence-corrected chi connectivity index (χ3v) is 2.62. The van der Waals surface area contributed by atoms with E-state index in [4.69, 9.17) is 9.47 Å². The predicted molar refractivity (Wildman–Crippen MR) is 51.7 cm³/mol. The molecule has 0 N–H and O–H groups in total. The number of carbonyl (C=O) groups is 1. The van der Waals surface area contributed by atoms with E-state index < -0.39 is 0 Å². The lowest BCUT2D eigenvalue weighted by Gasteiger charge is -2.15. The molecule has 3 unspecified atom stereocenters. The van der Waals surface area contributed by atoms with Gasteiger partial charge in [-0.15, -0.1) is 0 Å². The van der Waals surface area contributed by atoms with Gasteiger partial charge in [0, 0.05) is 11.5 Å². The Bertz CT molecular complexity index is 293. The van der Waals surface area contributed by atoms with Crippen LogP contribution in [0.2, 0.25) is 0 Å². The Morgan fingerprint density at radius 3 is 2.93 bits per heavy atom. The molecule has 3 nitrogen and oxygen atoms in total. The molecular weight excluding hydrogens is 180 g/mol. The fourth-order valence-electron chi connectivity index (χ4n) is 1.83. The minimum absolute atomic E-state index is 0.151. The third-order valence-electron chi connectivity index (χ3n) is 2.62. The maximum atomic E-state index is 11.1. The summed E-state index contributed by atoms with van der Waals surface area (Å²) < 4.78 is 10.6. The maximum Gasteiger partial charge on any atom is 0.333 e. The second-order valence-corrected chi connectivity index (χ2v) is 3.90. The topological polar surface area (TPSA) is 35.5 Å². The average molecular weight is 194 g/mol. The van der Waals surface area contributed by atoms with E-state index in [9.17, 15) is 4.79 Å². The van der Waals surface area contributed by atoms with Crippen LogP contribution in [0.5, 0.6) is 0 Å². The fourth-order valence-corrected chi connectivity index (χ4v) is 1.83. The zero-order valence-corrected chi connectivity index (χ0v) is 8.23. The van der Waals surface area contributed by atoms with Gasteiger partial charge in [-0.3, -0.25) is 0 Å². The van der Waals surface area contributed by atoms with E-state index in [1.165, 1.54) is 0 Å². The molecule has 2 bridgehead atoms. The van der Waals surface area contributed by atoms with Crippen LogP contribution in [-0.4, -0.2) is 24.8 Å². The summed E-state index contributed by atoms with van der Waals surface area (Å²) in [6.07, 6.45) is 5.48. The molecule has 0 aromatic rings. The van der Waals surface area contributed by atoms with Crippen LogP contribution < -0.4 is 0 Å². The molecule has 2 aliphatic heterocycles. The average Bonchev–Trinajstić information content (AvgIpc) is 2.74. The molecule has 14 heavy (non-hydrogen) atoms. The third kappa shape index (κ3) is 1.73. The highest BCUT2D eigenvalue weighted by Crippen LogP contribution is 2.33. The normalized spacial score (nSPS) is 33.4. The van der Waals surface area contributed by atoms with Gasteiger partial charge in [0.25, 0.3) is 0 Å². The second kappa shape index (κ2) is 3.58. The highest BCUT2D eigenvalue weighted by atomic mass is 16.5. The van der Waals surface area contributed by atoms with E-state index in [-0.39, 0.29) is 18.2 Å². The van der Waals surface area contributed by atoms with Crippen molar-refractivity contribution in [3.8, 4) is 0 Å². The first-order valence-electron chi connectivity index (χ1n) is 4.83. The van der Waals surface area contributed by atoms with Crippen molar-refractivity contribution in [2.75, 3.05) is 6.61 Å². The second-order valence-electron chi connectivity index (χ2n) is 3.90. The number of hydrogen-bond acceptors (Lipinski definition) is 3. The van der Waals surface area contributed by atoms with Crippen LogP contribution in [0.4, 0.5) is 0 Å². The molecule has 0 spiro atoms. The van der Waals surface area contributed by atoms with E-state index in [1.54, 1.807) is 6.92 Å². The first kappa shape index (κ1) is 9.46. The monoisotopic (exact) mass is 194 g/mol. The Labute approximate surface area is 83.4 Å². The van der Waals surface area contributed by atoms with E-state index in [0.29, 0.717) is 18.1 Å². The standard InChI is InChI=1S/C11H14O3/c1-7(2)11(12)13-6-8-5-9-3-4-10(8)14-9/h3-4,8-10H,1,5-6H2,2H3. The predicted octanol–water partition coefficient (Wildman–Crippen LogP) is 1.45. The van der Waals surface area contributed by atoms with Gasteiger partial charge in [-0.25, -0.2) is 4.79 Å². The first-order valence-corrected chi connectivity index (χ1v) is 4.83. The maximum absolute atomic E-state index is 11.1. The van der Waals surface area contributed by atoms with Crippen molar-refractivity contribution in [3.63, 3.8) is 0 Å². The molecule has 2 aliphatic rings. The number of fused-ring (bicyclic) bond motifs is 2. The zero-order valence-electron chi connectivity index (χ0n) is 8.23. The van der Waals surface area contributed by atoms with Gasteiger partial charge in [-0.2, -0.15) is 0 Å². The van der Waals surface area contributed by atoms with Gasteiger partial charge in [0.05, 0.1) is 18.8 Å². The van der Waals surface area contributed by atoms with E-state index in [1.807, 2.05) is 6.08 Å². The highest BCUT2D eigenvalue weighted by Gasteiger charge is 2.37. The first-order chi connectivity index (χ1) is 6.66. The number of ether oxygens (including phenoxy) is 2. The van der Waals surface area contributed by atoms with Crippen LogP contribution >= 0.6 is 0 Å². The smallest absolute Gasteiger partial charge is 0.333 e. The Balaban J connectivity index is 1.80. The summed E-state index contributed by atoms with van der Waals surface area (Å²) in [5.74, 6) is 0.0186. The van der Waals surface area contributed by atoms with Crippen molar-refractivity contribution in [2.24, 2.45) is 5.92 Å². The molecular formula is C11H14O3. The van der Waals surface area contributed by atoms with Crippen molar-refractivity contribution < 1.29 is 14.3 Å². The Morgan fingerprint density at radius 1 is 1.64 bits per heavy atom. The van der Waals surface area contributed by atoms with Crippen LogP contribution in [-0.2, 0) is 14.3 Å². The SMILES string of the molecule is C=C(C)C(=O)OCC1CC2C=CC1O2. The Morgan fingerprint density at radius 2 is 2.43 bits per heavy atom. The number of hydrogen-bond donors (Lipinski definition) is 0. The molecule has 0 aromatic carbocycles. The largest absolute Gasteiger partial charge is 0.462 e. The Hall–Kier alpha value is -1.09. The molecule has 0 aromatic heterocycles. The lowest BCUT2D eigenvalue weighted by molar-refractivity contribution is -0.140. The summed E-state index contributed by atoms with van der Waals surface area (Å²) in [6.45, 7) is 5.62. The van der Waals surface area contributed by atoms with Crippen molar-refractivity contribution in [1.82, 2.24) is 0 Å². The fraction of sp³-hybridized carbons (Fsp3) is 0.545. The van der Waals surface area contributed by atoms with Crippen LogP contribution in [0.15, 0.2) is 24.3 Å². The molecule has 3 heteroatoms. The minimum Gasteiger partial charge on any atom is -0.462 e. The van der Waals surface area contributed by atoms with Gasteiger partial charge in [0.15, 0.2) is 0 Å². The van der Waals surface area contributed by atoms with Gasteiger partial charge in [0.2, 0.25) is 0 Å². The van der Waals surface area contributed by atoms with E-state index >= 15 is 0 Å². The van der Waals surface area contributed by atoms with E-state index in [2.05, 4.69) is 12.7 Å². The van der Waals surface area contributed by atoms with Gasteiger partial charge >= 0.3 is 5.97 Å². The molecule has 0 aliphatic carbocycles. The summed E-state index contributed by atoms with van der Waals surface area (Å²) in [5.41, 5.74) is 0.449. The van der Waals surface area contributed by atoms with Crippen molar-refractivity contribution in [2.45, 2.75) is 25.6 Å². The molecule has 0 radical (unpaired) electrons. The summed E-state index contributed by atoms with van der Waals surface area (Å²) in [5, 5.41) is 0. The molecule has 0 amide bonds. The highest BCUT2D eigenvalue weighted by molar-refractivity contribution is 5.86. The molecule has 0 saturated carbocycles. The number of rotatable bonds is 3. The summed E-state index contributed by atoms with van der Waals surface area (Å²) in [7, 11) is 0. The molecule has 1 fully saturated rings. The van der Waals surface area contributed by atoms with Crippen molar-refractivity contribution in [1.29, 1.82) is 0 Å².